The van der Waals surface area contributed by atoms with E-state index in [0.29, 0.717) is 34.0 Å². The molecule has 0 radical (unpaired) electrons. The van der Waals surface area contributed by atoms with E-state index in [1.54, 1.807) is 25.1 Å². The lowest BCUT2D eigenvalue weighted by molar-refractivity contribution is -0.123. The Morgan fingerprint density at radius 1 is 1.29 bits per heavy atom. The summed E-state index contributed by atoms with van der Waals surface area (Å²) in [5, 5.41) is 7.16. The number of halogens is 1. The summed E-state index contributed by atoms with van der Waals surface area (Å²) in [5.41, 5.74) is 2.62. The SMILES string of the molecule is Cc1noc2nc(C3CC3)cc(C(=O)OC(C)C(=O)Nc3ccc(Br)cc3)c12. The molecule has 3 aromatic rings. The Balaban J connectivity index is 1.53. The summed E-state index contributed by atoms with van der Waals surface area (Å²) < 4.78 is 11.6. The fraction of sp³-hybridized carbons (Fsp3) is 0.300. The van der Waals surface area contributed by atoms with Gasteiger partial charge in [0.1, 0.15) is 0 Å². The van der Waals surface area contributed by atoms with Crippen LogP contribution in [0.25, 0.3) is 11.1 Å². The van der Waals surface area contributed by atoms with Gasteiger partial charge in [-0.25, -0.2) is 9.78 Å². The van der Waals surface area contributed by atoms with Crippen LogP contribution in [-0.2, 0) is 9.53 Å². The molecule has 2 heterocycles. The largest absolute Gasteiger partial charge is 0.449 e. The molecule has 2 aromatic heterocycles. The number of fused-ring (bicyclic) bond motifs is 1. The first kappa shape index (κ1) is 18.6. The molecular formula is C20H18BrN3O4. The van der Waals surface area contributed by atoms with Crippen molar-refractivity contribution in [1.29, 1.82) is 0 Å². The van der Waals surface area contributed by atoms with Crippen LogP contribution < -0.4 is 5.32 Å². The van der Waals surface area contributed by atoms with Crippen molar-refractivity contribution in [3.05, 3.63) is 51.8 Å². The van der Waals surface area contributed by atoms with Gasteiger partial charge in [-0.2, -0.15) is 0 Å². The first-order chi connectivity index (χ1) is 13.4. The molecule has 1 aromatic carbocycles. The monoisotopic (exact) mass is 443 g/mol. The second-order valence-corrected chi connectivity index (χ2v) is 7.78. The van der Waals surface area contributed by atoms with Gasteiger partial charge in [0.05, 0.1) is 16.6 Å². The first-order valence-electron chi connectivity index (χ1n) is 8.96. The molecule has 1 amide bonds. The second kappa shape index (κ2) is 7.35. The molecular weight excluding hydrogens is 426 g/mol. The highest BCUT2D eigenvalue weighted by molar-refractivity contribution is 9.10. The van der Waals surface area contributed by atoms with Gasteiger partial charge in [-0.1, -0.05) is 21.1 Å². The van der Waals surface area contributed by atoms with E-state index in [1.165, 1.54) is 6.92 Å². The number of amides is 1. The molecule has 1 aliphatic carbocycles. The van der Waals surface area contributed by atoms with Crippen LogP contribution in [0.1, 0.15) is 47.4 Å². The van der Waals surface area contributed by atoms with Crippen LogP contribution in [0.2, 0.25) is 0 Å². The van der Waals surface area contributed by atoms with E-state index in [4.69, 9.17) is 9.26 Å². The van der Waals surface area contributed by atoms with Crippen molar-refractivity contribution in [2.75, 3.05) is 5.32 Å². The molecule has 1 fully saturated rings. The minimum atomic E-state index is -0.969. The molecule has 7 nitrogen and oxygen atoms in total. The second-order valence-electron chi connectivity index (χ2n) is 6.86. The predicted octanol–water partition coefficient (Wildman–Crippen LogP) is 4.36. The number of carbonyl (C=O) groups is 2. The van der Waals surface area contributed by atoms with Crippen molar-refractivity contribution in [2.45, 2.75) is 38.7 Å². The summed E-state index contributed by atoms with van der Waals surface area (Å²) >= 11 is 3.34. The van der Waals surface area contributed by atoms with Crippen molar-refractivity contribution in [1.82, 2.24) is 10.1 Å². The number of aromatic nitrogens is 2. The fourth-order valence-electron chi connectivity index (χ4n) is 2.92. The van der Waals surface area contributed by atoms with Gasteiger partial charge in [0.15, 0.2) is 6.10 Å². The summed E-state index contributed by atoms with van der Waals surface area (Å²) in [4.78, 5) is 29.7. The zero-order valence-corrected chi connectivity index (χ0v) is 16.9. The lowest BCUT2D eigenvalue weighted by atomic mass is 10.1. The zero-order chi connectivity index (χ0) is 19.8. The van der Waals surface area contributed by atoms with Crippen molar-refractivity contribution < 1.29 is 18.8 Å². The molecule has 144 valence electrons. The Kier molecular flexibility index (Phi) is 4.89. The van der Waals surface area contributed by atoms with Gasteiger partial charge in [-0.3, -0.25) is 4.79 Å². The van der Waals surface area contributed by atoms with E-state index in [9.17, 15) is 9.59 Å². The Morgan fingerprint density at radius 2 is 2.00 bits per heavy atom. The highest BCUT2D eigenvalue weighted by atomic mass is 79.9. The number of ether oxygens (including phenoxy) is 1. The van der Waals surface area contributed by atoms with Gasteiger partial charge in [0, 0.05) is 21.8 Å². The molecule has 4 rings (SSSR count). The van der Waals surface area contributed by atoms with Crippen molar-refractivity contribution in [3.8, 4) is 0 Å². The quantitative estimate of drug-likeness (QED) is 0.588. The third-order valence-corrected chi connectivity index (χ3v) is 5.15. The number of nitrogens with one attached hydrogen (secondary N) is 1. The van der Waals surface area contributed by atoms with Gasteiger partial charge in [0.25, 0.3) is 11.6 Å². The van der Waals surface area contributed by atoms with E-state index < -0.39 is 18.0 Å². The number of hydrogen-bond donors (Lipinski definition) is 1. The fourth-order valence-corrected chi connectivity index (χ4v) is 3.18. The smallest absolute Gasteiger partial charge is 0.339 e. The number of carbonyl (C=O) groups excluding carboxylic acids is 2. The van der Waals surface area contributed by atoms with E-state index >= 15 is 0 Å². The van der Waals surface area contributed by atoms with Crippen LogP contribution in [0.15, 0.2) is 39.3 Å². The maximum absolute atomic E-state index is 12.8. The molecule has 0 saturated heterocycles. The van der Waals surface area contributed by atoms with Crippen LogP contribution in [0, 0.1) is 6.92 Å². The van der Waals surface area contributed by atoms with Gasteiger partial charge in [0.2, 0.25) is 0 Å². The van der Waals surface area contributed by atoms with Crippen molar-refractivity contribution >= 4 is 44.6 Å². The number of benzene rings is 1. The highest BCUT2D eigenvalue weighted by Gasteiger charge is 2.30. The maximum atomic E-state index is 12.8. The van der Waals surface area contributed by atoms with Crippen LogP contribution in [0.5, 0.6) is 0 Å². The molecule has 28 heavy (non-hydrogen) atoms. The Morgan fingerprint density at radius 3 is 2.68 bits per heavy atom. The van der Waals surface area contributed by atoms with E-state index in [0.717, 1.165) is 23.0 Å². The molecule has 1 unspecified atom stereocenters. The van der Waals surface area contributed by atoms with Crippen molar-refractivity contribution in [2.24, 2.45) is 0 Å². The van der Waals surface area contributed by atoms with Crippen molar-refractivity contribution in [3.63, 3.8) is 0 Å². The summed E-state index contributed by atoms with van der Waals surface area (Å²) in [7, 11) is 0. The number of anilines is 1. The van der Waals surface area contributed by atoms with Gasteiger partial charge in [-0.05, 0) is 57.0 Å². The van der Waals surface area contributed by atoms with E-state index in [-0.39, 0.29) is 0 Å². The lowest BCUT2D eigenvalue weighted by Gasteiger charge is -2.14. The normalized spacial score (nSPS) is 14.7. The van der Waals surface area contributed by atoms with Gasteiger partial charge >= 0.3 is 5.97 Å². The van der Waals surface area contributed by atoms with Gasteiger partial charge < -0.3 is 14.6 Å². The average Bonchev–Trinajstić information content (AvgIpc) is 3.46. The Bertz CT molecular complexity index is 1060. The number of nitrogens with zero attached hydrogens (tertiary/aromatic N) is 2. The first-order valence-corrected chi connectivity index (χ1v) is 9.76. The van der Waals surface area contributed by atoms with Crippen LogP contribution in [-0.4, -0.2) is 28.1 Å². The number of hydrogen-bond acceptors (Lipinski definition) is 6. The lowest BCUT2D eigenvalue weighted by Crippen LogP contribution is -2.30. The molecule has 8 heteroatoms. The minimum absolute atomic E-state index is 0.320. The maximum Gasteiger partial charge on any atom is 0.339 e. The highest BCUT2D eigenvalue weighted by Crippen LogP contribution is 2.40. The number of esters is 1. The summed E-state index contributed by atoms with van der Waals surface area (Å²) in [6.07, 6.45) is 1.10. The number of aryl methyl sites for hydroxylation is 1. The number of rotatable bonds is 5. The number of pyridine rings is 1. The standard InChI is InChI=1S/C20H18BrN3O4/c1-10-17-15(9-16(12-3-4-12)23-19(17)28-24-10)20(26)27-11(2)18(25)22-14-7-5-13(21)6-8-14/h5-9,11-12H,3-4H2,1-2H3,(H,22,25). The Labute approximate surface area is 169 Å². The van der Waals surface area contributed by atoms with E-state index in [2.05, 4.69) is 31.4 Å². The molecule has 0 bridgehead atoms. The predicted molar refractivity (Wildman–Crippen MR) is 106 cm³/mol. The average molecular weight is 444 g/mol. The summed E-state index contributed by atoms with van der Waals surface area (Å²) in [6.45, 7) is 3.28. The zero-order valence-electron chi connectivity index (χ0n) is 15.4. The topological polar surface area (TPSA) is 94.3 Å². The van der Waals surface area contributed by atoms with Crippen LogP contribution in [0.3, 0.4) is 0 Å². The van der Waals surface area contributed by atoms with E-state index in [1.807, 2.05) is 12.1 Å². The molecule has 0 aliphatic heterocycles. The third-order valence-electron chi connectivity index (χ3n) is 4.62. The molecule has 1 aliphatic rings. The molecule has 0 spiro atoms. The molecule has 1 saturated carbocycles. The molecule has 1 N–H and O–H groups in total. The van der Waals surface area contributed by atoms with Crippen LogP contribution in [0.4, 0.5) is 5.69 Å². The summed E-state index contributed by atoms with van der Waals surface area (Å²) in [6, 6.07) is 8.87. The Hall–Kier alpha value is -2.74. The third kappa shape index (κ3) is 3.77. The summed E-state index contributed by atoms with van der Waals surface area (Å²) in [5.74, 6) is -0.677. The van der Waals surface area contributed by atoms with Gasteiger partial charge in [-0.15, -0.1) is 0 Å². The minimum Gasteiger partial charge on any atom is -0.449 e. The van der Waals surface area contributed by atoms with Crippen LogP contribution >= 0.6 is 15.9 Å². The molecule has 1 atom stereocenters.